The molecule has 2 saturated heterocycles. The Labute approximate surface area is 94.4 Å². The molecule has 2 aliphatic rings. The van der Waals surface area contributed by atoms with Gasteiger partial charge >= 0.3 is 0 Å². The van der Waals surface area contributed by atoms with E-state index in [1.807, 2.05) is 0 Å². The smallest absolute Gasteiger partial charge is 0.00931 e. The Morgan fingerprint density at radius 3 is 2.87 bits per heavy atom. The minimum Gasteiger partial charge on any atom is -0.314 e. The highest BCUT2D eigenvalue weighted by Gasteiger charge is 2.23. The first-order chi connectivity index (χ1) is 7.40. The molecule has 88 valence electrons. The summed E-state index contributed by atoms with van der Waals surface area (Å²) in [7, 11) is 0. The van der Waals surface area contributed by atoms with Gasteiger partial charge in [-0.3, -0.25) is 0 Å². The largest absolute Gasteiger partial charge is 0.314 e. The standard InChI is InChI=1S/C13H26N2/c1-2-13-7-5-10-15(13)11-8-12-6-3-4-9-14-12/h12-14H,2-11H2,1H3. The summed E-state index contributed by atoms with van der Waals surface area (Å²) in [4.78, 5) is 2.72. The minimum absolute atomic E-state index is 0.817. The van der Waals surface area contributed by atoms with E-state index in [0.29, 0.717) is 0 Å². The lowest BCUT2D eigenvalue weighted by molar-refractivity contribution is 0.226. The Balaban J connectivity index is 1.67. The van der Waals surface area contributed by atoms with Gasteiger partial charge in [0.15, 0.2) is 0 Å². The Morgan fingerprint density at radius 2 is 2.13 bits per heavy atom. The Bertz CT molecular complexity index is 175. The van der Waals surface area contributed by atoms with Gasteiger partial charge < -0.3 is 10.2 Å². The van der Waals surface area contributed by atoms with Crippen LogP contribution in [0.15, 0.2) is 0 Å². The molecule has 2 atom stereocenters. The van der Waals surface area contributed by atoms with Crippen LogP contribution in [-0.4, -0.2) is 36.6 Å². The van der Waals surface area contributed by atoms with Gasteiger partial charge in [0.05, 0.1) is 0 Å². The topological polar surface area (TPSA) is 15.3 Å². The molecule has 0 aromatic heterocycles. The first-order valence-corrected chi connectivity index (χ1v) is 6.87. The third kappa shape index (κ3) is 3.18. The molecule has 15 heavy (non-hydrogen) atoms. The summed E-state index contributed by atoms with van der Waals surface area (Å²) in [5.74, 6) is 0. The molecule has 2 rings (SSSR count). The Morgan fingerprint density at radius 1 is 1.20 bits per heavy atom. The lowest BCUT2D eigenvalue weighted by Gasteiger charge is -2.28. The van der Waals surface area contributed by atoms with Crippen LogP contribution in [0.1, 0.15) is 51.9 Å². The van der Waals surface area contributed by atoms with Crippen LogP contribution >= 0.6 is 0 Å². The molecule has 2 aliphatic heterocycles. The fourth-order valence-corrected chi connectivity index (χ4v) is 3.14. The van der Waals surface area contributed by atoms with Gasteiger partial charge in [0.1, 0.15) is 0 Å². The van der Waals surface area contributed by atoms with E-state index >= 15 is 0 Å². The van der Waals surface area contributed by atoms with Crippen molar-refractivity contribution in [1.29, 1.82) is 0 Å². The van der Waals surface area contributed by atoms with Crippen molar-refractivity contribution >= 4 is 0 Å². The maximum absolute atomic E-state index is 3.65. The van der Waals surface area contributed by atoms with Crippen LogP contribution in [-0.2, 0) is 0 Å². The van der Waals surface area contributed by atoms with Crippen LogP contribution in [0.25, 0.3) is 0 Å². The number of nitrogens with one attached hydrogen (secondary N) is 1. The van der Waals surface area contributed by atoms with Crippen molar-refractivity contribution in [2.24, 2.45) is 0 Å². The molecule has 0 saturated carbocycles. The van der Waals surface area contributed by atoms with Crippen molar-refractivity contribution in [2.45, 2.75) is 64.0 Å². The molecule has 0 aliphatic carbocycles. The quantitative estimate of drug-likeness (QED) is 0.766. The van der Waals surface area contributed by atoms with E-state index in [1.165, 1.54) is 64.6 Å². The van der Waals surface area contributed by atoms with E-state index in [9.17, 15) is 0 Å². The van der Waals surface area contributed by atoms with Gasteiger partial charge in [-0.2, -0.15) is 0 Å². The normalized spacial score (nSPS) is 33.4. The number of hydrogen-bond acceptors (Lipinski definition) is 2. The molecule has 0 spiro atoms. The second-order valence-electron chi connectivity index (χ2n) is 5.18. The summed E-state index contributed by atoms with van der Waals surface area (Å²) in [6, 6.07) is 1.71. The van der Waals surface area contributed by atoms with Crippen molar-refractivity contribution < 1.29 is 0 Å². The number of rotatable bonds is 4. The first kappa shape index (κ1) is 11.4. The molecule has 0 aromatic rings. The molecular weight excluding hydrogens is 184 g/mol. The predicted octanol–water partition coefficient (Wildman–Crippen LogP) is 2.39. The van der Waals surface area contributed by atoms with Crippen LogP contribution in [0.5, 0.6) is 0 Å². The number of nitrogens with zero attached hydrogens (tertiary/aromatic N) is 1. The zero-order valence-corrected chi connectivity index (χ0v) is 10.2. The van der Waals surface area contributed by atoms with Gasteiger partial charge in [0.2, 0.25) is 0 Å². The Hall–Kier alpha value is -0.0800. The van der Waals surface area contributed by atoms with E-state index in [-0.39, 0.29) is 0 Å². The average molecular weight is 210 g/mol. The van der Waals surface area contributed by atoms with E-state index in [1.54, 1.807) is 0 Å². The van der Waals surface area contributed by atoms with Crippen LogP contribution in [0.3, 0.4) is 0 Å². The lowest BCUT2D eigenvalue weighted by Crippen LogP contribution is -2.38. The van der Waals surface area contributed by atoms with E-state index in [2.05, 4.69) is 17.1 Å². The van der Waals surface area contributed by atoms with Crippen molar-refractivity contribution in [1.82, 2.24) is 10.2 Å². The third-order valence-corrected chi connectivity index (χ3v) is 4.15. The second kappa shape index (κ2) is 5.86. The summed E-state index contributed by atoms with van der Waals surface area (Å²) in [6.45, 7) is 6.27. The van der Waals surface area contributed by atoms with Crippen LogP contribution in [0.4, 0.5) is 0 Å². The molecule has 2 heterocycles. The summed E-state index contributed by atoms with van der Waals surface area (Å²) < 4.78 is 0. The monoisotopic (exact) mass is 210 g/mol. The predicted molar refractivity (Wildman–Crippen MR) is 65.1 cm³/mol. The average Bonchev–Trinajstić information content (AvgIpc) is 2.75. The summed E-state index contributed by atoms with van der Waals surface area (Å²) in [6.07, 6.45) is 9.82. The summed E-state index contributed by atoms with van der Waals surface area (Å²) in [5.41, 5.74) is 0. The lowest BCUT2D eigenvalue weighted by atomic mass is 10.0. The summed E-state index contributed by atoms with van der Waals surface area (Å²) in [5, 5.41) is 3.65. The third-order valence-electron chi connectivity index (χ3n) is 4.15. The van der Waals surface area contributed by atoms with Gasteiger partial charge in [-0.05, 0) is 58.2 Å². The molecule has 0 bridgehead atoms. The maximum Gasteiger partial charge on any atom is 0.00931 e. The van der Waals surface area contributed by atoms with Crippen LogP contribution < -0.4 is 5.32 Å². The Kier molecular flexibility index (Phi) is 4.45. The number of likely N-dealkylation sites (tertiary alicyclic amines) is 1. The van der Waals surface area contributed by atoms with Gasteiger partial charge in [-0.25, -0.2) is 0 Å². The fraction of sp³-hybridized carbons (Fsp3) is 1.00. The molecule has 2 fully saturated rings. The van der Waals surface area contributed by atoms with Crippen LogP contribution in [0.2, 0.25) is 0 Å². The minimum atomic E-state index is 0.817. The van der Waals surface area contributed by atoms with Gasteiger partial charge in [-0.1, -0.05) is 13.3 Å². The van der Waals surface area contributed by atoms with Crippen LogP contribution in [0, 0.1) is 0 Å². The summed E-state index contributed by atoms with van der Waals surface area (Å²) >= 11 is 0. The first-order valence-electron chi connectivity index (χ1n) is 6.87. The molecule has 2 unspecified atom stereocenters. The maximum atomic E-state index is 3.65. The van der Waals surface area contributed by atoms with Crippen molar-refractivity contribution in [3.63, 3.8) is 0 Å². The highest BCUT2D eigenvalue weighted by molar-refractivity contribution is 4.80. The number of hydrogen-bond donors (Lipinski definition) is 1. The zero-order chi connectivity index (χ0) is 10.5. The fourth-order valence-electron chi connectivity index (χ4n) is 3.14. The van der Waals surface area contributed by atoms with Crippen molar-refractivity contribution in [3.05, 3.63) is 0 Å². The SMILES string of the molecule is CCC1CCCN1CCC1CCCCN1. The molecule has 1 N–H and O–H groups in total. The van der Waals surface area contributed by atoms with E-state index < -0.39 is 0 Å². The van der Waals surface area contributed by atoms with Gasteiger partial charge in [-0.15, -0.1) is 0 Å². The molecular formula is C13H26N2. The molecule has 0 amide bonds. The molecule has 2 nitrogen and oxygen atoms in total. The molecule has 0 radical (unpaired) electrons. The van der Waals surface area contributed by atoms with E-state index in [4.69, 9.17) is 0 Å². The second-order valence-corrected chi connectivity index (χ2v) is 5.18. The zero-order valence-electron chi connectivity index (χ0n) is 10.2. The van der Waals surface area contributed by atoms with Gasteiger partial charge in [0.25, 0.3) is 0 Å². The highest BCUT2D eigenvalue weighted by atomic mass is 15.2. The van der Waals surface area contributed by atoms with Gasteiger partial charge in [0, 0.05) is 12.1 Å². The molecule has 2 heteroatoms. The number of piperidine rings is 1. The van der Waals surface area contributed by atoms with Crippen molar-refractivity contribution in [2.75, 3.05) is 19.6 Å². The highest BCUT2D eigenvalue weighted by Crippen LogP contribution is 2.21. The van der Waals surface area contributed by atoms with Crippen molar-refractivity contribution in [3.8, 4) is 0 Å². The van der Waals surface area contributed by atoms with E-state index in [0.717, 1.165) is 12.1 Å². The molecule has 0 aromatic carbocycles.